The molecule has 0 atom stereocenters. The fourth-order valence-electron chi connectivity index (χ4n) is 2.43. The van der Waals surface area contributed by atoms with E-state index in [1.165, 1.54) is 5.56 Å². The summed E-state index contributed by atoms with van der Waals surface area (Å²) >= 11 is 12.2. The highest BCUT2D eigenvalue weighted by Crippen LogP contribution is 2.28. The molecule has 0 spiro atoms. The molecule has 2 aromatic carbocycles. The van der Waals surface area contributed by atoms with Crippen molar-refractivity contribution in [1.29, 1.82) is 0 Å². The Kier molecular flexibility index (Phi) is 5.74. The van der Waals surface area contributed by atoms with E-state index in [9.17, 15) is 0 Å². The van der Waals surface area contributed by atoms with Crippen LogP contribution >= 0.6 is 23.2 Å². The average molecular weight is 373 g/mol. The standard InChI is InChI=1S/C19H18Cl2N4/c1-2-25(13-14-6-4-3-5-7-14)19-22-11-10-18(24-19)23-17-12-15(20)8-9-16(17)21/h3-12H,2,13H2,1H3,(H,22,23,24). The highest BCUT2D eigenvalue weighted by Gasteiger charge is 2.10. The molecule has 1 heterocycles. The third-order valence-electron chi connectivity index (χ3n) is 3.71. The number of hydrogen-bond donors (Lipinski definition) is 1. The molecule has 0 unspecified atom stereocenters. The van der Waals surface area contributed by atoms with Gasteiger partial charge in [-0.1, -0.05) is 53.5 Å². The topological polar surface area (TPSA) is 41.1 Å². The van der Waals surface area contributed by atoms with E-state index in [1.54, 1.807) is 30.5 Å². The molecule has 6 heteroatoms. The van der Waals surface area contributed by atoms with Crippen molar-refractivity contribution >= 4 is 40.7 Å². The number of aromatic nitrogens is 2. The molecule has 0 saturated carbocycles. The molecule has 4 nitrogen and oxygen atoms in total. The molecule has 0 bridgehead atoms. The summed E-state index contributed by atoms with van der Waals surface area (Å²) in [7, 11) is 0. The molecule has 0 radical (unpaired) electrons. The lowest BCUT2D eigenvalue weighted by Gasteiger charge is -2.21. The third-order valence-corrected chi connectivity index (χ3v) is 4.28. The van der Waals surface area contributed by atoms with E-state index in [2.05, 4.69) is 39.2 Å². The van der Waals surface area contributed by atoms with Crippen LogP contribution in [0.3, 0.4) is 0 Å². The molecule has 0 saturated heterocycles. The van der Waals surface area contributed by atoms with Crippen LogP contribution in [0.15, 0.2) is 60.8 Å². The van der Waals surface area contributed by atoms with Crippen LogP contribution in [0.4, 0.5) is 17.5 Å². The van der Waals surface area contributed by atoms with Crippen molar-refractivity contribution in [3.05, 3.63) is 76.4 Å². The minimum Gasteiger partial charge on any atom is -0.339 e. The van der Waals surface area contributed by atoms with Crippen LogP contribution in [-0.2, 0) is 6.54 Å². The van der Waals surface area contributed by atoms with E-state index in [-0.39, 0.29) is 0 Å². The van der Waals surface area contributed by atoms with Gasteiger partial charge in [-0.15, -0.1) is 0 Å². The summed E-state index contributed by atoms with van der Waals surface area (Å²) in [6.45, 7) is 3.63. The molecule has 0 aliphatic heterocycles. The van der Waals surface area contributed by atoms with Crippen LogP contribution in [0.25, 0.3) is 0 Å². The van der Waals surface area contributed by atoms with Gasteiger partial charge in [0.2, 0.25) is 5.95 Å². The Labute approximate surface area is 157 Å². The predicted molar refractivity (Wildman–Crippen MR) is 105 cm³/mol. The van der Waals surface area contributed by atoms with Crippen LogP contribution in [0.1, 0.15) is 12.5 Å². The van der Waals surface area contributed by atoms with Gasteiger partial charge >= 0.3 is 0 Å². The zero-order valence-corrected chi connectivity index (χ0v) is 15.3. The monoisotopic (exact) mass is 372 g/mol. The number of rotatable bonds is 6. The third kappa shape index (κ3) is 4.62. The largest absolute Gasteiger partial charge is 0.339 e. The number of hydrogen-bond acceptors (Lipinski definition) is 4. The molecule has 1 N–H and O–H groups in total. The van der Waals surface area contributed by atoms with Crippen molar-refractivity contribution in [2.75, 3.05) is 16.8 Å². The first kappa shape index (κ1) is 17.5. The zero-order valence-electron chi connectivity index (χ0n) is 13.8. The minimum atomic E-state index is 0.584. The Hall–Kier alpha value is -2.30. The van der Waals surface area contributed by atoms with Gasteiger partial charge in [0.05, 0.1) is 10.7 Å². The van der Waals surface area contributed by atoms with E-state index in [1.807, 2.05) is 18.2 Å². The fraction of sp³-hybridized carbons (Fsp3) is 0.158. The normalized spacial score (nSPS) is 10.5. The fourth-order valence-corrected chi connectivity index (χ4v) is 2.77. The summed E-state index contributed by atoms with van der Waals surface area (Å²) in [6, 6.07) is 17.3. The number of benzene rings is 2. The average Bonchev–Trinajstić information content (AvgIpc) is 2.64. The van der Waals surface area contributed by atoms with Crippen LogP contribution in [0.2, 0.25) is 10.0 Å². The molecule has 25 heavy (non-hydrogen) atoms. The van der Waals surface area contributed by atoms with Crippen molar-refractivity contribution in [2.24, 2.45) is 0 Å². The lowest BCUT2D eigenvalue weighted by atomic mass is 10.2. The summed E-state index contributed by atoms with van der Waals surface area (Å²) in [6.07, 6.45) is 1.73. The summed E-state index contributed by atoms with van der Waals surface area (Å²) < 4.78 is 0. The molecule has 3 aromatic rings. The van der Waals surface area contributed by atoms with E-state index in [0.717, 1.165) is 13.1 Å². The summed E-state index contributed by atoms with van der Waals surface area (Å²) in [5.74, 6) is 1.33. The lowest BCUT2D eigenvalue weighted by Crippen LogP contribution is -2.24. The smallest absolute Gasteiger partial charge is 0.227 e. The number of nitrogens with zero attached hydrogens (tertiary/aromatic N) is 3. The van der Waals surface area contributed by atoms with E-state index < -0.39 is 0 Å². The van der Waals surface area contributed by atoms with E-state index in [4.69, 9.17) is 23.2 Å². The SMILES string of the molecule is CCN(Cc1ccccc1)c1nccc(Nc2cc(Cl)ccc2Cl)n1. The Morgan fingerprint density at radius 3 is 2.60 bits per heavy atom. The first-order valence-electron chi connectivity index (χ1n) is 7.99. The number of anilines is 3. The number of nitrogens with one attached hydrogen (secondary N) is 1. The van der Waals surface area contributed by atoms with Gasteiger partial charge in [-0.25, -0.2) is 4.98 Å². The van der Waals surface area contributed by atoms with Gasteiger partial charge < -0.3 is 10.2 Å². The molecular formula is C19H18Cl2N4. The molecule has 0 aliphatic carbocycles. The van der Waals surface area contributed by atoms with Crippen LogP contribution < -0.4 is 10.2 Å². The maximum absolute atomic E-state index is 6.21. The highest BCUT2D eigenvalue weighted by atomic mass is 35.5. The van der Waals surface area contributed by atoms with Gasteiger partial charge in [0.15, 0.2) is 0 Å². The maximum atomic E-state index is 6.21. The molecule has 0 aliphatic rings. The Morgan fingerprint density at radius 2 is 1.84 bits per heavy atom. The van der Waals surface area contributed by atoms with Crippen LogP contribution in [0.5, 0.6) is 0 Å². The molecule has 128 valence electrons. The lowest BCUT2D eigenvalue weighted by molar-refractivity contribution is 0.792. The van der Waals surface area contributed by atoms with Gasteiger partial charge in [0.25, 0.3) is 0 Å². The van der Waals surface area contributed by atoms with Crippen molar-refractivity contribution in [2.45, 2.75) is 13.5 Å². The maximum Gasteiger partial charge on any atom is 0.227 e. The second-order valence-corrected chi connectivity index (χ2v) is 6.33. The van der Waals surface area contributed by atoms with Crippen molar-refractivity contribution in [3.8, 4) is 0 Å². The number of halogens is 2. The Morgan fingerprint density at radius 1 is 1.04 bits per heavy atom. The molecule has 1 aromatic heterocycles. The highest BCUT2D eigenvalue weighted by molar-refractivity contribution is 6.35. The van der Waals surface area contributed by atoms with Crippen molar-refractivity contribution < 1.29 is 0 Å². The first-order chi connectivity index (χ1) is 12.2. The molecule has 0 amide bonds. The van der Waals surface area contributed by atoms with E-state index in [0.29, 0.717) is 27.5 Å². The minimum absolute atomic E-state index is 0.584. The van der Waals surface area contributed by atoms with Crippen molar-refractivity contribution in [1.82, 2.24) is 9.97 Å². The molecule has 3 rings (SSSR count). The second kappa shape index (κ2) is 8.19. The first-order valence-corrected chi connectivity index (χ1v) is 8.75. The van der Waals surface area contributed by atoms with Crippen LogP contribution in [0, 0.1) is 0 Å². The van der Waals surface area contributed by atoms with Gasteiger partial charge in [-0.05, 0) is 36.8 Å². The van der Waals surface area contributed by atoms with Crippen molar-refractivity contribution in [3.63, 3.8) is 0 Å². The molecular weight excluding hydrogens is 355 g/mol. The van der Waals surface area contributed by atoms with Gasteiger partial charge in [-0.2, -0.15) is 4.98 Å². The van der Waals surface area contributed by atoms with Gasteiger partial charge in [0, 0.05) is 24.3 Å². The second-order valence-electron chi connectivity index (χ2n) is 5.49. The zero-order chi connectivity index (χ0) is 17.6. The Balaban J connectivity index is 1.81. The summed E-state index contributed by atoms with van der Waals surface area (Å²) in [5, 5.41) is 4.40. The summed E-state index contributed by atoms with van der Waals surface area (Å²) in [4.78, 5) is 11.1. The Bertz CT molecular complexity index is 840. The molecule has 0 fully saturated rings. The van der Waals surface area contributed by atoms with Crippen LogP contribution in [-0.4, -0.2) is 16.5 Å². The van der Waals surface area contributed by atoms with Gasteiger partial charge in [-0.3, -0.25) is 0 Å². The quantitative estimate of drug-likeness (QED) is 0.615. The predicted octanol–water partition coefficient (Wildman–Crippen LogP) is 5.55. The van der Waals surface area contributed by atoms with Gasteiger partial charge in [0.1, 0.15) is 5.82 Å². The summed E-state index contributed by atoms with van der Waals surface area (Å²) in [5.41, 5.74) is 1.93. The van der Waals surface area contributed by atoms with E-state index >= 15 is 0 Å².